The molecule has 0 saturated carbocycles. The molecule has 1 saturated heterocycles. The lowest BCUT2D eigenvalue weighted by atomic mass is 9.97. The van der Waals surface area contributed by atoms with Crippen molar-refractivity contribution in [1.82, 2.24) is 19.4 Å². The molecule has 1 atom stereocenters. The van der Waals surface area contributed by atoms with Gasteiger partial charge in [0.05, 0.1) is 12.0 Å². The van der Waals surface area contributed by atoms with E-state index in [-0.39, 0.29) is 0 Å². The normalized spacial score (nSPS) is 17.7. The number of ether oxygens (including phenoxy) is 1. The molecule has 0 amide bonds. The Bertz CT molecular complexity index is 819. The molecule has 2 aromatic heterocycles. The van der Waals surface area contributed by atoms with Crippen LogP contribution in [0, 0.1) is 5.92 Å². The highest BCUT2D eigenvalue weighted by molar-refractivity contribution is 5.28. The molecule has 1 aliphatic rings. The molecule has 0 aliphatic carbocycles. The fourth-order valence-corrected chi connectivity index (χ4v) is 3.77. The first-order valence-corrected chi connectivity index (χ1v) is 9.65. The summed E-state index contributed by atoms with van der Waals surface area (Å²) in [6.07, 6.45) is 10.2. The highest BCUT2D eigenvalue weighted by atomic mass is 16.5. The van der Waals surface area contributed by atoms with E-state index in [1.807, 2.05) is 36.8 Å². The number of aromatic nitrogens is 3. The predicted octanol–water partition coefficient (Wildman–Crippen LogP) is 3.77. The van der Waals surface area contributed by atoms with Crippen molar-refractivity contribution in [2.24, 2.45) is 5.92 Å². The van der Waals surface area contributed by atoms with Crippen molar-refractivity contribution in [3.05, 3.63) is 78.6 Å². The topological polar surface area (TPSA) is 43.2 Å². The lowest BCUT2D eigenvalue weighted by Crippen LogP contribution is -2.36. The van der Waals surface area contributed by atoms with Crippen molar-refractivity contribution < 1.29 is 4.74 Å². The summed E-state index contributed by atoms with van der Waals surface area (Å²) in [5, 5.41) is 0. The van der Waals surface area contributed by atoms with Gasteiger partial charge in [0.25, 0.3) is 0 Å². The summed E-state index contributed by atoms with van der Waals surface area (Å²) in [6.45, 7) is 4.84. The van der Waals surface area contributed by atoms with Gasteiger partial charge in [-0.3, -0.25) is 9.88 Å². The summed E-state index contributed by atoms with van der Waals surface area (Å²) in [6, 6.07) is 14.3. The van der Waals surface area contributed by atoms with E-state index >= 15 is 0 Å². The van der Waals surface area contributed by atoms with Gasteiger partial charge in [-0.25, -0.2) is 4.98 Å². The Morgan fingerprint density at radius 2 is 2.11 bits per heavy atom. The van der Waals surface area contributed by atoms with Gasteiger partial charge in [-0.15, -0.1) is 0 Å². The van der Waals surface area contributed by atoms with Gasteiger partial charge >= 0.3 is 0 Å². The van der Waals surface area contributed by atoms with Crippen LogP contribution in [-0.2, 0) is 19.7 Å². The van der Waals surface area contributed by atoms with E-state index in [9.17, 15) is 0 Å². The van der Waals surface area contributed by atoms with Crippen LogP contribution >= 0.6 is 0 Å². The number of benzene rings is 1. The molecule has 5 heteroatoms. The van der Waals surface area contributed by atoms with Gasteiger partial charge in [-0.05, 0) is 55.1 Å². The highest BCUT2D eigenvalue weighted by Crippen LogP contribution is 2.22. The van der Waals surface area contributed by atoms with Crippen molar-refractivity contribution >= 4 is 0 Å². The second-order valence-electron chi connectivity index (χ2n) is 7.26. The third kappa shape index (κ3) is 5.17. The van der Waals surface area contributed by atoms with Crippen LogP contribution in [0.3, 0.4) is 0 Å². The molecule has 0 radical (unpaired) electrons. The third-order valence-corrected chi connectivity index (χ3v) is 5.05. The Kier molecular flexibility index (Phi) is 5.80. The summed E-state index contributed by atoms with van der Waals surface area (Å²) in [5.74, 6) is 1.60. The molecule has 1 aromatic carbocycles. The standard InChI is InChI=1S/C22H26N4O/c1-2-9-24-21(7-1)17-27-22-8-3-5-19(13-22)14-25-11-4-6-20(15-25)16-26-12-10-23-18-26/h1-3,5,7-10,12-13,18,20H,4,6,11,14-17H2. The van der Waals surface area contributed by atoms with Crippen LogP contribution in [0.2, 0.25) is 0 Å². The lowest BCUT2D eigenvalue weighted by molar-refractivity contribution is 0.156. The maximum Gasteiger partial charge on any atom is 0.130 e. The van der Waals surface area contributed by atoms with Crippen molar-refractivity contribution in [3.8, 4) is 5.75 Å². The van der Waals surface area contributed by atoms with Gasteiger partial charge in [0.1, 0.15) is 12.4 Å². The molecular formula is C22H26N4O. The van der Waals surface area contributed by atoms with Crippen LogP contribution in [0.4, 0.5) is 0 Å². The van der Waals surface area contributed by atoms with Gasteiger partial charge < -0.3 is 9.30 Å². The van der Waals surface area contributed by atoms with Crippen LogP contribution < -0.4 is 4.74 Å². The van der Waals surface area contributed by atoms with E-state index in [0.717, 1.165) is 31.1 Å². The maximum atomic E-state index is 5.92. The van der Waals surface area contributed by atoms with Crippen molar-refractivity contribution in [3.63, 3.8) is 0 Å². The molecule has 1 unspecified atom stereocenters. The Morgan fingerprint density at radius 3 is 2.96 bits per heavy atom. The summed E-state index contributed by atoms with van der Waals surface area (Å²) in [5.41, 5.74) is 2.25. The number of likely N-dealkylation sites (tertiary alicyclic amines) is 1. The number of hydrogen-bond acceptors (Lipinski definition) is 4. The Morgan fingerprint density at radius 1 is 1.11 bits per heavy atom. The number of rotatable bonds is 7. The van der Waals surface area contributed by atoms with Crippen LogP contribution in [0.15, 0.2) is 67.4 Å². The molecule has 0 N–H and O–H groups in total. The summed E-state index contributed by atoms with van der Waals surface area (Å²) in [7, 11) is 0. The predicted molar refractivity (Wildman–Crippen MR) is 105 cm³/mol. The van der Waals surface area contributed by atoms with Crippen LogP contribution in [0.25, 0.3) is 0 Å². The van der Waals surface area contributed by atoms with Gasteiger partial charge in [0.2, 0.25) is 0 Å². The first kappa shape index (κ1) is 17.7. The molecule has 3 aromatic rings. The van der Waals surface area contributed by atoms with E-state index in [1.54, 1.807) is 6.20 Å². The zero-order valence-electron chi connectivity index (χ0n) is 15.6. The second kappa shape index (κ2) is 8.82. The van der Waals surface area contributed by atoms with Gasteiger partial charge in [0.15, 0.2) is 0 Å². The van der Waals surface area contributed by atoms with Crippen molar-refractivity contribution in [1.29, 1.82) is 0 Å². The fraction of sp³-hybridized carbons (Fsp3) is 0.364. The average Bonchev–Trinajstić information content (AvgIpc) is 3.21. The van der Waals surface area contributed by atoms with Gasteiger partial charge in [0, 0.05) is 38.2 Å². The maximum absolute atomic E-state index is 5.92. The molecule has 0 spiro atoms. The number of nitrogens with zero attached hydrogens (tertiary/aromatic N) is 4. The quantitative estimate of drug-likeness (QED) is 0.642. The van der Waals surface area contributed by atoms with Gasteiger partial charge in [-0.2, -0.15) is 0 Å². The highest BCUT2D eigenvalue weighted by Gasteiger charge is 2.20. The Balaban J connectivity index is 1.32. The zero-order valence-corrected chi connectivity index (χ0v) is 15.6. The molecule has 1 aliphatic heterocycles. The molecule has 1 fully saturated rings. The molecule has 140 valence electrons. The van der Waals surface area contributed by atoms with E-state index in [2.05, 4.69) is 43.8 Å². The first-order chi connectivity index (χ1) is 13.3. The Hall–Kier alpha value is -2.66. The van der Waals surface area contributed by atoms with Crippen molar-refractivity contribution in [2.75, 3.05) is 13.1 Å². The fourth-order valence-electron chi connectivity index (χ4n) is 3.77. The minimum Gasteiger partial charge on any atom is -0.487 e. The molecule has 27 heavy (non-hydrogen) atoms. The van der Waals surface area contributed by atoms with Gasteiger partial charge in [-0.1, -0.05) is 18.2 Å². The molecular weight excluding hydrogens is 336 g/mol. The Labute approximate surface area is 160 Å². The summed E-state index contributed by atoms with van der Waals surface area (Å²) in [4.78, 5) is 11.0. The van der Waals surface area contributed by atoms with E-state index in [4.69, 9.17) is 4.74 Å². The number of hydrogen-bond donors (Lipinski definition) is 0. The van der Waals surface area contributed by atoms with Crippen molar-refractivity contribution in [2.45, 2.75) is 32.5 Å². The number of piperidine rings is 1. The van der Waals surface area contributed by atoms with E-state index < -0.39 is 0 Å². The van der Waals surface area contributed by atoms with Crippen LogP contribution in [0.1, 0.15) is 24.1 Å². The monoisotopic (exact) mass is 362 g/mol. The van der Waals surface area contributed by atoms with Crippen LogP contribution in [0.5, 0.6) is 5.75 Å². The second-order valence-corrected chi connectivity index (χ2v) is 7.26. The number of pyridine rings is 1. The lowest BCUT2D eigenvalue weighted by Gasteiger charge is -2.33. The minimum absolute atomic E-state index is 0.501. The molecule has 3 heterocycles. The first-order valence-electron chi connectivity index (χ1n) is 9.65. The molecule has 5 nitrogen and oxygen atoms in total. The zero-order chi connectivity index (χ0) is 18.3. The number of imidazole rings is 1. The van der Waals surface area contributed by atoms with E-state index in [1.165, 1.54) is 24.9 Å². The third-order valence-electron chi connectivity index (χ3n) is 5.05. The SMILES string of the molecule is c1ccc(COc2cccc(CN3CCCC(Cn4ccnc4)C3)c2)nc1. The summed E-state index contributed by atoms with van der Waals surface area (Å²) >= 11 is 0. The molecule has 0 bridgehead atoms. The average molecular weight is 362 g/mol. The largest absolute Gasteiger partial charge is 0.487 e. The minimum atomic E-state index is 0.501. The smallest absolute Gasteiger partial charge is 0.130 e. The van der Waals surface area contributed by atoms with Crippen LogP contribution in [-0.4, -0.2) is 32.5 Å². The van der Waals surface area contributed by atoms with E-state index in [0.29, 0.717) is 12.5 Å². The molecule has 4 rings (SSSR count). The summed E-state index contributed by atoms with van der Waals surface area (Å²) < 4.78 is 8.12.